The van der Waals surface area contributed by atoms with Crippen molar-refractivity contribution >= 4 is 5.91 Å². The molecule has 0 aromatic carbocycles. The van der Waals surface area contributed by atoms with Crippen LogP contribution in [0.25, 0.3) is 0 Å². The van der Waals surface area contributed by atoms with Crippen molar-refractivity contribution < 1.29 is 9.53 Å². The van der Waals surface area contributed by atoms with Gasteiger partial charge in [-0.25, -0.2) is 0 Å². The number of hydrogen-bond donors (Lipinski definition) is 1. The molecule has 4 nitrogen and oxygen atoms in total. The Kier molecular flexibility index (Phi) is 4.44. The summed E-state index contributed by atoms with van der Waals surface area (Å²) in [5, 5.41) is 2.63. The molecule has 1 atom stereocenters. The smallest absolute Gasteiger partial charge is 0.234 e. The van der Waals surface area contributed by atoms with Gasteiger partial charge < -0.3 is 10.1 Å². The number of hydrogen-bond acceptors (Lipinski definition) is 3. The van der Waals surface area contributed by atoms with Crippen molar-refractivity contribution in [3.05, 3.63) is 0 Å². The van der Waals surface area contributed by atoms with Gasteiger partial charge in [-0.05, 0) is 13.5 Å². The molecule has 78 valence electrons. The van der Waals surface area contributed by atoms with Gasteiger partial charge in [0.2, 0.25) is 5.91 Å². The molecule has 0 aromatic rings. The van der Waals surface area contributed by atoms with E-state index in [0.717, 1.165) is 19.6 Å². The summed E-state index contributed by atoms with van der Waals surface area (Å²) in [5.74, 6) is 2.34. The van der Waals surface area contributed by atoms with Crippen LogP contribution >= 0.6 is 0 Å². The molecule has 1 N–H and O–H groups in total. The molecule has 0 radical (unpaired) electrons. The summed E-state index contributed by atoms with van der Waals surface area (Å²) >= 11 is 0. The summed E-state index contributed by atoms with van der Waals surface area (Å²) in [6.07, 6.45) is 6.03. The lowest BCUT2D eigenvalue weighted by Crippen LogP contribution is -2.40. The molecule has 0 saturated carbocycles. The van der Waals surface area contributed by atoms with Gasteiger partial charge in [-0.15, -0.1) is 6.42 Å². The summed E-state index contributed by atoms with van der Waals surface area (Å²) in [6.45, 7) is 2.20. The van der Waals surface area contributed by atoms with Gasteiger partial charge >= 0.3 is 0 Å². The second kappa shape index (κ2) is 5.63. The molecular weight excluding hydrogens is 180 g/mol. The Morgan fingerprint density at radius 1 is 1.79 bits per heavy atom. The molecule has 4 heteroatoms. The fraction of sp³-hybridized carbons (Fsp3) is 0.700. The van der Waals surface area contributed by atoms with Crippen LogP contribution in [-0.4, -0.2) is 50.2 Å². The number of carbonyl (C=O) groups is 1. The standard InChI is InChI=1S/C10H16N2O2/c1-3-5-11-10(13)7-12(2)9-4-6-14-8-9/h1,9H,4-8H2,2H3,(H,11,13). The van der Waals surface area contributed by atoms with Gasteiger partial charge in [0.25, 0.3) is 0 Å². The summed E-state index contributed by atoms with van der Waals surface area (Å²) in [5.41, 5.74) is 0. The quantitative estimate of drug-likeness (QED) is 0.614. The highest BCUT2D eigenvalue weighted by molar-refractivity contribution is 5.78. The van der Waals surface area contributed by atoms with E-state index in [0.29, 0.717) is 19.1 Å². The summed E-state index contributed by atoms with van der Waals surface area (Å²) in [7, 11) is 1.93. The predicted octanol–water partition coefficient (Wildman–Crippen LogP) is -0.543. The minimum absolute atomic E-state index is 0.0302. The third kappa shape index (κ3) is 3.36. The van der Waals surface area contributed by atoms with E-state index >= 15 is 0 Å². The summed E-state index contributed by atoms with van der Waals surface area (Å²) in [4.78, 5) is 13.3. The number of amides is 1. The van der Waals surface area contributed by atoms with Gasteiger partial charge in [-0.1, -0.05) is 5.92 Å². The first-order valence-corrected chi connectivity index (χ1v) is 4.72. The van der Waals surface area contributed by atoms with Crippen LogP contribution in [0.4, 0.5) is 0 Å². The van der Waals surface area contributed by atoms with Crippen molar-refractivity contribution in [3.8, 4) is 12.3 Å². The zero-order chi connectivity index (χ0) is 10.4. The first-order chi connectivity index (χ1) is 6.74. The van der Waals surface area contributed by atoms with Gasteiger partial charge in [0.05, 0.1) is 19.7 Å². The van der Waals surface area contributed by atoms with Crippen molar-refractivity contribution in [1.82, 2.24) is 10.2 Å². The number of rotatable bonds is 4. The molecule has 1 aliphatic heterocycles. The van der Waals surface area contributed by atoms with Gasteiger partial charge in [0.15, 0.2) is 0 Å². The Morgan fingerprint density at radius 3 is 3.14 bits per heavy atom. The van der Waals surface area contributed by atoms with Gasteiger partial charge in [0.1, 0.15) is 0 Å². The second-order valence-electron chi connectivity index (χ2n) is 3.41. The third-order valence-corrected chi connectivity index (χ3v) is 2.31. The topological polar surface area (TPSA) is 41.6 Å². The minimum atomic E-state index is -0.0302. The van der Waals surface area contributed by atoms with Crippen LogP contribution in [0.5, 0.6) is 0 Å². The maximum absolute atomic E-state index is 11.3. The van der Waals surface area contributed by atoms with Gasteiger partial charge in [-0.2, -0.15) is 0 Å². The molecule has 14 heavy (non-hydrogen) atoms. The average molecular weight is 196 g/mol. The largest absolute Gasteiger partial charge is 0.380 e. The molecule has 1 unspecified atom stereocenters. The molecule has 0 spiro atoms. The Hall–Kier alpha value is -1.05. The zero-order valence-electron chi connectivity index (χ0n) is 8.45. The highest BCUT2D eigenvalue weighted by Gasteiger charge is 2.21. The van der Waals surface area contributed by atoms with Crippen molar-refractivity contribution in [2.45, 2.75) is 12.5 Å². The normalized spacial score (nSPS) is 20.8. The van der Waals surface area contributed by atoms with Crippen LogP contribution < -0.4 is 5.32 Å². The summed E-state index contributed by atoms with van der Waals surface area (Å²) < 4.78 is 5.24. The highest BCUT2D eigenvalue weighted by atomic mass is 16.5. The maximum atomic E-state index is 11.3. The van der Waals surface area contributed by atoms with E-state index in [1.54, 1.807) is 0 Å². The van der Waals surface area contributed by atoms with Crippen LogP contribution in [0.3, 0.4) is 0 Å². The van der Waals surface area contributed by atoms with Crippen molar-refractivity contribution in [3.63, 3.8) is 0 Å². The number of nitrogens with zero attached hydrogens (tertiary/aromatic N) is 1. The van der Waals surface area contributed by atoms with Crippen LogP contribution in [0.1, 0.15) is 6.42 Å². The average Bonchev–Trinajstić information content (AvgIpc) is 2.67. The lowest BCUT2D eigenvalue weighted by atomic mass is 10.2. The molecule has 0 aliphatic carbocycles. The van der Waals surface area contributed by atoms with E-state index in [-0.39, 0.29) is 5.91 Å². The zero-order valence-corrected chi connectivity index (χ0v) is 8.45. The molecule has 1 amide bonds. The molecule has 1 heterocycles. The van der Waals surface area contributed by atoms with Crippen LogP contribution in [0.15, 0.2) is 0 Å². The van der Waals surface area contributed by atoms with Crippen LogP contribution in [0.2, 0.25) is 0 Å². The Balaban J connectivity index is 2.22. The van der Waals surface area contributed by atoms with Gasteiger partial charge in [0, 0.05) is 12.6 Å². The molecule has 0 aromatic heterocycles. The number of likely N-dealkylation sites (N-methyl/N-ethyl adjacent to an activating group) is 1. The van der Waals surface area contributed by atoms with E-state index in [1.165, 1.54) is 0 Å². The summed E-state index contributed by atoms with van der Waals surface area (Å²) in [6, 6.07) is 0.367. The molecular formula is C10H16N2O2. The molecule has 1 saturated heterocycles. The first-order valence-electron chi connectivity index (χ1n) is 4.72. The van der Waals surface area contributed by atoms with Crippen LogP contribution in [-0.2, 0) is 9.53 Å². The first kappa shape index (κ1) is 11.0. The molecule has 1 rings (SSSR count). The van der Waals surface area contributed by atoms with E-state index in [1.807, 2.05) is 11.9 Å². The number of nitrogens with one attached hydrogen (secondary N) is 1. The lowest BCUT2D eigenvalue weighted by molar-refractivity contribution is -0.122. The maximum Gasteiger partial charge on any atom is 0.234 e. The Labute approximate surface area is 84.6 Å². The third-order valence-electron chi connectivity index (χ3n) is 2.31. The minimum Gasteiger partial charge on any atom is -0.380 e. The van der Waals surface area contributed by atoms with Gasteiger partial charge in [-0.3, -0.25) is 9.69 Å². The molecule has 1 fully saturated rings. The van der Waals surface area contributed by atoms with E-state index in [4.69, 9.17) is 11.2 Å². The van der Waals surface area contributed by atoms with E-state index in [2.05, 4.69) is 11.2 Å². The number of carbonyl (C=O) groups excluding carboxylic acids is 1. The van der Waals surface area contributed by atoms with Crippen molar-refractivity contribution in [2.75, 3.05) is 33.4 Å². The van der Waals surface area contributed by atoms with Crippen molar-refractivity contribution in [1.29, 1.82) is 0 Å². The van der Waals surface area contributed by atoms with E-state index in [9.17, 15) is 4.79 Å². The SMILES string of the molecule is C#CCNC(=O)CN(C)C1CCOC1. The fourth-order valence-electron chi connectivity index (χ4n) is 1.43. The number of terminal acetylenes is 1. The second-order valence-corrected chi connectivity index (χ2v) is 3.41. The Bertz CT molecular complexity index is 229. The predicted molar refractivity (Wildman–Crippen MR) is 53.7 cm³/mol. The lowest BCUT2D eigenvalue weighted by Gasteiger charge is -2.21. The number of ether oxygens (including phenoxy) is 1. The van der Waals surface area contributed by atoms with Crippen LogP contribution in [0, 0.1) is 12.3 Å². The molecule has 1 aliphatic rings. The van der Waals surface area contributed by atoms with Crippen molar-refractivity contribution in [2.24, 2.45) is 0 Å². The highest BCUT2D eigenvalue weighted by Crippen LogP contribution is 2.09. The molecule has 0 bridgehead atoms. The van der Waals surface area contributed by atoms with E-state index < -0.39 is 0 Å². The Morgan fingerprint density at radius 2 is 2.57 bits per heavy atom. The monoisotopic (exact) mass is 196 g/mol. The fourth-order valence-corrected chi connectivity index (χ4v) is 1.43.